The van der Waals surface area contributed by atoms with E-state index in [9.17, 15) is 4.79 Å². The molecule has 4 nitrogen and oxygen atoms in total. The topological polar surface area (TPSA) is 46.3 Å². The second-order valence-corrected chi connectivity index (χ2v) is 6.44. The second kappa shape index (κ2) is 6.02. The molecule has 2 aromatic heterocycles. The van der Waals surface area contributed by atoms with Crippen LogP contribution in [0.4, 0.5) is 0 Å². The van der Waals surface area contributed by atoms with Crippen molar-refractivity contribution in [2.24, 2.45) is 0 Å². The molecular formula is C16H20N2O2S. The highest BCUT2D eigenvalue weighted by Gasteiger charge is 2.29. The lowest BCUT2D eigenvalue weighted by Gasteiger charge is -2.31. The molecule has 0 aliphatic carbocycles. The number of aromatic nitrogens is 1. The summed E-state index contributed by atoms with van der Waals surface area (Å²) in [4.78, 5) is 19.1. The van der Waals surface area contributed by atoms with Crippen molar-refractivity contribution < 1.29 is 9.21 Å². The molecule has 21 heavy (non-hydrogen) atoms. The average molecular weight is 304 g/mol. The summed E-state index contributed by atoms with van der Waals surface area (Å²) in [5.41, 5.74) is 2.06. The van der Waals surface area contributed by atoms with Gasteiger partial charge in [0.05, 0.1) is 17.0 Å². The summed E-state index contributed by atoms with van der Waals surface area (Å²) in [7, 11) is 0. The number of hydrogen-bond donors (Lipinski definition) is 0. The Hall–Kier alpha value is -1.62. The molecule has 3 rings (SSSR count). The van der Waals surface area contributed by atoms with Crippen LogP contribution in [0.5, 0.6) is 0 Å². The van der Waals surface area contributed by atoms with Gasteiger partial charge in [-0.1, -0.05) is 6.92 Å². The highest BCUT2D eigenvalue weighted by atomic mass is 32.1. The molecule has 0 N–H and O–H groups in total. The monoisotopic (exact) mass is 304 g/mol. The van der Waals surface area contributed by atoms with Crippen molar-refractivity contribution in [3.63, 3.8) is 0 Å². The van der Waals surface area contributed by atoms with Gasteiger partial charge in [0, 0.05) is 30.0 Å². The average Bonchev–Trinajstić information content (AvgIpc) is 3.15. The highest BCUT2D eigenvalue weighted by molar-refractivity contribution is 7.09. The van der Waals surface area contributed by atoms with Gasteiger partial charge >= 0.3 is 0 Å². The normalized spacial score (nSPS) is 19.0. The second-order valence-electron chi connectivity index (χ2n) is 5.55. The van der Waals surface area contributed by atoms with Crippen LogP contribution in [-0.4, -0.2) is 28.9 Å². The number of likely N-dealkylation sites (tertiary alicyclic amines) is 1. The van der Waals surface area contributed by atoms with Gasteiger partial charge in [-0.3, -0.25) is 4.79 Å². The van der Waals surface area contributed by atoms with Crippen LogP contribution in [0.15, 0.2) is 22.1 Å². The van der Waals surface area contributed by atoms with E-state index in [1.54, 1.807) is 17.6 Å². The van der Waals surface area contributed by atoms with Crippen molar-refractivity contribution >= 4 is 17.2 Å². The van der Waals surface area contributed by atoms with E-state index in [2.05, 4.69) is 17.3 Å². The molecule has 3 heterocycles. The van der Waals surface area contributed by atoms with Gasteiger partial charge < -0.3 is 9.32 Å². The third-order valence-electron chi connectivity index (χ3n) is 4.05. The lowest BCUT2D eigenvalue weighted by atomic mass is 9.98. The number of furan rings is 1. The highest BCUT2D eigenvalue weighted by Crippen LogP contribution is 2.30. The zero-order valence-electron chi connectivity index (χ0n) is 12.5. The molecule has 1 aliphatic rings. The number of hydrogen-bond acceptors (Lipinski definition) is 4. The van der Waals surface area contributed by atoms with Crippen molar-refractivity contribution in [2.75, 3.05) is 13.1 Å². The van der Waals surface area contributed by atoms with Gasteiger partial charge in [-0.05, 0) is 32.3 Å². The van der Waals surface area contributed by atoms with Crippen LogP contribution in [0.1, 0.15) is 52.5 Å². The van der Waals surface area contributed by atoms with Gasteiger partial charge in [0.25, 0.3) is 5.91 Å². The Morgan fingerprint density at radius 2 is 2.43 bits per heavy atom. The Morgan fingerprint density at radius 3 is 3.10 bits per heavy atom. The van der Waals surface area contributed by atoms with Crippen molar-refractivity contribution in [1.29, 1.82) is 0 Å². The van der Waals surface area contributed by atoms with E-state index in [4.69, 9.17) is 4.42 Å². The first-order chi connectivity index (χ1) is 10.2. The third kappa shape index (κ3) is 2.88. The Balaban J connectivity index is 1.74. The molecule has 0 unspecified atom stereocenters. The third-order valence-corrected chi connectivity index (χ3v) is 5.10. The Labute approximate surface area is 128 Å². The number of carbonyl (C=O) groups excluding carboxylic acids is 1. The van der Waals surface area contributed by atoms with E-state index in [0.717, 1.165) is 43.6 Å². The van der Waals surface area contributed by atoms with Crippen LogP contribution in [-0.2, 0) is 6.42 Å². The van der Waals surface area contributed by atoms with Gasteiger partial charge in [-0.2, -0.15) is 0 Å². The number of amides is 1. The first-order valence-corrected chi connectivity index (χ1v) is 8.34. The van der Waals surface area contributed by atoms with Gasteiger partial charge in [0.15, 0.2) is 5.76 Å². The van der Waals surface area contributed by atoms with E-state index in [-0.39, 0.29) is 5.91 Å². The molecule has 0 aromatic carbocycles. The lowest BCUT2D eigenvalue weighted by Crippen LogP contribution is -2.39. The fraction of sp³-hybridized carbons (Fsp3) is 0.500. The van der Waals surface area contributed by atoms with E-state index >= 15 is 0 Å². The number of carbonyl (C=O) groups is 1. The predicted octanol–water partition coefficient (Wildman–Crippen LogP) is 3.63. The minimum Gasteiger partial charge on any atom is -0.459 e. The molecule has 1 saturated heterocycles. The van der Waals surface area contributed by atoms with Crippen LogP contribution in [0.3, 0.4) is 0 Å². The largest absolute Gasteiger partial charge is 0.459 e. The van der Waals surface area contributed by atoms with Gasteiger partial charge in [-0.15, -0.1) is 11.3 Å². The molecule has 1 fully saturated rings. The van der Waals surface area contributed by atoms with E-state index in [1.807, 2.05) is 17.9 Å². The van der Waals surface area contributed by atoms with Crippen LogP contribution >= 0.6 is 11.3 Å². The zero-order chi connectivity index (χ0) is 14.8. The molecule has 2 aromatic rings. The summed E-state index contributed by atoms with van der Waals surface area (Å²) >= 11 is 1.72. The van der Waals surface area contributed by atoms with Crippen LogP contribution in [0.25, 0.3) is 0 Å². The van der Waals surface area contributed by atoms with Gasteiger partial charge in [0.2, 0.25) is 0 Å². The smallest absolute Gasteiger partial charge is 0.289 e. The van der Waals surface area contributed by atoms with E-state index in [1.165, 1.54) is 5.01 Å². The van der Waals surface area contributed by atoms with Crippen molar-refractivity contribution in [1.82, 2.24) is 9.88 Å². The number of thiazole rings is 1. The van der Waals surface area contributed by atoms with Crippen LogP contribution in [0.2, 0.25) is 0 Å². The van der Waals surface area contributed by atoms with Crippen molar-refractivity contribution in [3.05, 3.63) is 39.7 Å². The maximum Gasteiger partial charge on any atom is 0.289 e. The fourth-order valence-corrected chi connectivity index (χ4v) is 3.80. The summed E-state index contributed by atoms with van der Waals surface area (Å²) in [6.07, 6.45) is 4.69. The van der Waals surface area contributed by atoms with E-state index in [0.29, 0.717) is 11.7 Å². The first-order valence-electron chi connectivity index (χ1n) is 7.46. The first kappa shape index (κ1) is 14.3. The summed E-state index contributed by atoms with van der Waals surface area (Å²) in [5.74, 6) is 0.849. The van der Waals surface area contributed by atoms with Crippen molar-refractivity contribution in [2.45, 2.75) is 39.0 Å². The Bertz CT molecular complexity index is 632. The molecule has 0 radical (unpaired) electrons. The Morgan fingerprint density at radius 1 is 1.57 bits per heavy atom. The number of aryl methyl sites for hydroxylation is 2. The van der Waals surface area contributed by atoms with E-state index < -0.39 is 0 Å². The number of rotatable bonds is 3. The molecule has 0 bridgehead atoms. The SMILES string of the molecule is CCc1csc([C@@H]2CCCN(C(=O)c3occc3C)C2)n1. The summed E-state index contributed by atoms with van der Waals surface area (Å²) in [5, 5.41) is 3.30. The molecule has 1 atom stereocenters. The minimum absolute atomic E-state index is 0.00877. The molecule has 5 heteroatoms. The maximum atomic E-state index is 12.5. The maximum absolute atomic E-state index is 12.5. The number of nitrogens with zero attached hydrogens (tertiary/aromatic N) is 2. The molecule has 0 saturated carbocycles. The number of piperidine rings is 1. The molecule has 1 aliphatic heterocycles. The molecule has 0 spiro atoms. The standard InChI is InChI=1S/C16H20N2O2S/c1-3-13-10-21-15(17-13)12-5-4-7-18(9-12)16(19)14-11(2)6-8-20-14/h6,8,10,12H,3-5,7,9H2,1-2H3/t12-/m1/s1. The van der Waals surface area contributed by atoms with Crippen LogP contribution < -0.4 is 0 Å². The lowest BCUT2D eigenvalue weighted by molar-refractivity contribution is 0.0674. The quantitative estimate of drug-likeness (QED) is 0.870. The summed E-state index contributed by atoms with van der Waals surface area (Å²) in [6, 6.07) is 1.84. The molecule has 1 amide bonds. The molecular weight excluding hydrogens is 284 g/mol. The van der Waals surface area contributed by atoms with Gasteiger partial charge in [0.1, 0.15) is 0 Å². The predicted molar refractivity (Wildman–Crippen MR) is 82.8 cm³/mol. The minimum atomic E-state index is 0.00877. The fourth-order valence-electron chi connectivity index (χ4n) is 2.77. The van der Waals surface area contributed by atoms with Crippen molar-refractivity contribution in [3.8, 4) is 0 Å². The molecule has 112 valence electrons. The summed E-state index contributed by atoms with van der Waals surface area (Å²) in [6.45, 7) is 5.58. The summed E-state index contributed by atoms with van der Waals surface area (Å²) < 4.78 is 5.34. The zero-order valence-corrected chi connectivity index (χ0v) is 13.3. The Kier molecular flexibility index (Phi) is 4.10. The van der Waals surface area contributed by atoms with Crippen LogP contribution in [0, 0.1) is 6.92 Å². The van der Waals surface area contributed by atoms with Gasteiger partial charge in [-0.25, -0.2) is 4.98 Å².